The van der Waals surface area contributed by atoms with Gasteiger partial charge < -0.3 is 4.90 Å². The van der Waals surface area contributed by atoms with Gasteiger partial charge in [0.05, 0.1) is 0 Å². The summed E-state index contributed by atoms with van der Waals surface area (Å²) in [5.74, 6) is 0. The number of aryl methyl sites for hydroxylation is 2. The first-order chi connectivity index (χ1) is 9.24. The zero-order valence-corrected chi connectivity index (χ0v) is 11.6. The molecule has 1 fully saturated rings. The molecule has 0 aromatic heterocycles. The number of benzene rings is 2. The fourth-order valence-electron chi connectivity index (χ4n) is 2.89. The average molecular weight is 252 g/mol. The second kappa shape index (κ2) is 5.06. The number of hydrogen-bond donors (Lipinski definition) is 1. The smallest absolute Gasteiger partial charge is 0.106 e. The molecule has 0 saturated carbocycles. The van der Waals surface area contributed by atoms with Gasteiger partial charge in [0.2, 0.25) is 0 Å². The van der Waals surface area contributed by atoms with Crippen molar-refractivity contribution in [2.24, 2.45) is 0 Å². The summed E-state index contributed by atoms with van der Waals surface area (Å²) in [4.78, 5) is 2.45. The van der Waals surface area contributed by atoms with Crippen LogP contribution in [0.15, 0.2) is 48.5 Å². The molecule has 0 aliphatic carbocycles. The van der Waals surface area contributed by atoms with Crippen LogP contribution in [0.5, 0.6) is 0 Å². The summed E-state index contributed by atoms with van der Waals surface area (Å²) < 4.78 is 0. The van der Waals surface area contributed by atoms with E-state index in [2.05, 4.69) is 72.6 Å². The normalized spacial score (nSPS) is 18.8. The molecule has 98 valence electrons. The lowest BCUT2D eigenvalue weighted by atomic mass is 10.1. The summed E-state index contributed by atoms with van der Waals surface area (Å²) in [7, 11) is 0. The monoisotopic (exact) mass is 252 g/mol. The van der Waals surface area contributed by atoms with Gasteiger partial charge in [-0.15, -0.1) is 0 Å². The molecule has 1 atom stereocenters. The molecule has 2 heteroatoms. The maximum Gasteiger partial charge on any atom is 0.106 e. The molecule has 1 saturated heterocycles. The van der Waals surface area contributed by atoms with Gasteiger partial charge in [-0.3, -0.25) is 5.32 Å². The Bertz CT molecular complexity index is 542. The van der Waals surface area contributed by atoms with E-state index < -0.39 is 0 Å². The van der Waals surface area contributed by atoms with E-state index in [1.807, 2.05) is 0 Å². The van der Waals surface area contributed by atoms with Gasteiger partial charge in [-0.05, 0) is 42.7 Å². The first kappa shape index (κ1) is 12.2. The zero-order valence-electron chi connectivity index (χ0n) is 11.6. The van der Waals surface area contributed by atoms with Gasteiger partial charge in [0, 0.05) is 18.8 Å². The third-order valence-corrected chi connectivity index (χ3v) is 3.66. The molecule has 0 amide bonds. The van der Waals surface area contributed by atoms with E-state index in [1.54, 1.807) is 0 Å². The summed E-state index contributed by atoms with van der Waals surface area (Å²) in [5.41, 5.74) is 5.30. The highest BCUT2D eigenvalue weighted by Crippen LogP contribution is 2.29. The molecule has 19 heavy (non-hydrogen) atoms. The molecular weight excluding hydrogens is 232 g/mol. The second-order valence-corrected chi connectivity index (χ2v) is 5.31. The average Bonchev–Trinajstić information content (AvgIpc) is 2.88. The Labute approximate surface area is 115 Å². The van der Waals surface area contributed by atoms with Crippen molar-refractivity contribution in [3.63, 3.8) is 0 Å². The molecule has 2 aromatic rings. The van der Waals surface area contributed by atoms with E-state index in [4.69, 9.17) is 0 Å². The van der Waals surface area contributed by atoms with Gasteiger partial charge in [0.25, 0.3) is 0 Å². The lowest BCUT2D eigenvalue weighted by Crippen LogP contribution is -2.27. The first-order valence-corrected chi connectivity index (χ1v) is 6.87. The van der Waals surface area contributed by atoms with Crippen molar-refractivity contribution in [3.8, 4) is 0 Å². The van der Waals surface area contributed by atoms with Gasteiger partial charge in [0.15, 0.2) is 0 Å². The predicted molar refractivity (Wildman–Crippen MR) is 80.4 cm³/mol. The minimum Gasteiger partial charge on any atom is -0.351 e. The van der Waals surface area contributed by atoms with Crippen molar-refractivity contribution in [3.05, 3.63) is 65.2 Å². The Morgan fingerprint density at radius 1 is 1.00 bits per heavy atom. The highest BCUT2D eigenvalue weighted by atomic mass is 15.3. The predicted octanol–water partition coefficient (Wildman–Crippen LogP) is 3.41. The number of hydrogen-bond acceptors (Lipinski definition) is 2. The van der Waals surface area contributed by atoms with Gasteiger partial charge in [-0.2, -0.15) is 0 Å². The van der Waals surface area contributed by atoms with Gasteiger partial charge >= 0.3 is 0 Å². The Morgan fingerprint density at radius 3 is 2.37 bits per heavy atom. The Kier molecular flexibility index (Phi) is 3.26. The molecule has 1 heterocycles. The Balaban J connectivity index is 1.95. The minimum absolute atomic E-state index is 0.294. The van der Waals surface area contributed by atoms with Crippen LogP contribution in [0.25, 0.3) is 0 Å². The summed E-state index contributed by atoms with van der Waals surface area (Å²) in [6.45, 7) is 6.42. The fourth-order valence-corrected chi connectivity index (χ4v) is 2.89. The number of rotatable bonds is 2. The largest absolute Gasteiger partial charge is 0.351 e. The lowest BCUT2D eigenvalue weighted by Gasteiger charge is -2.27. The van der Waals surface area contributed by atoms with Gasteiger partial charge in [-0.25, -0.2) is 0 Å². The maximum absolute atomic E-state index is 3.59. The van der Waals surface area contributed by atoms with E-state index in [9.17, 15) is 0 Å². The molecule has 0 bridgehead atoms. The van der Waals surface area contributed by atoms with Gasteiger partial charge in [0.1, 0.15) is 6.17 Å². The van der Waals surface area contributed by atoms with Crippen molar-refractivity contribution < 1.29 is 0 Å². The Hall–Kier alpha value is -1.80. The molecule has 3 rings (SSSR count). The van der Waals surface area contributed by atoms with E-state index in [1.165, 1.54) is 22.4 Å². The van der Waals surface area contributed by atoms with Crippen LogP contribution in [0.2, 0.25) is 0 Å². The first-order valence-electron chi connectivity index (χ1n) is 6.87. The minimum atomic E-state index is 0.294. The number of nitrogens with zero attached hydrogens (tertiary/aromatic N) is 1. The molecule has 1 unspecified atom stereocenters. The zero-order chi connectivity index (χ0) is 13.2. The summed E-state index contributed by atoms with van der Waals surface area (Å²) in [6.07, 6.45) is 0.294. The Morgan fingerprint density at radius 2 is 1.68 bits per heavy atom. The van der Waals surface area contributed by atoms with Crippen LogP contribution >= 0.6 is 0 Å². The summed E-state index contributed by atoms with van der Waals surface area (Å²) in [6, 6.07) is 17.4. The molecule has 0 radical (unpaired) electrons. The molecule has 1 N–H and O–H groups in total. The topological polar surface area (TPSA) is 15.3 Å². The van der Waals surface area contributed by atoms with Crippen LogP contribution in [0, 0.1) is 13.8 Å². The van der Waals surface area contributed by atoms with E-state index in [0.29, 0.717) is 6.17 Å². The highest BCUT2D eigenvalue weighted by Gasteiger charge is 2.25. The second-order valence-electron chi connectivity index (χ2n) is 5.31. The van der Waals surface area contributed by atoms with Crippen LogP contribution in [-0.2, 0) is 0 Å². The van der Waals surface area contributed by atoms with Crippen LogP contribution in [0.3, 0.4) is 0 Å². The quantitative estimate of drug-likeness (QED) is 0.881. The standard InChI is InChI=1S/C17H20N2/c1-13-10-14(2)12-16(11-13)19-9-8-18-17(19)15-6-4-3-5-7-15/h3-7,10-12,17-18H,8-9H2,1-2H3. The lowest BCUT2D eigenvalue weighted by molar-refractivity contribution is 0.644. The molecule has 2 aromatic carbocycles. The molecule has 0 spiro atoms. The van der Waals surface area contributed by atoms with Crippen LogP contribution in [-0.4, -0.2) is 13.1 Å². The number of nitrogens with one attached hydrogen (secondary N) is 1. The SMILES string of the molecule is Cc1cc(C)cc(N2CCNC2c2ccccc2)c1. The third kappa shape index (κ3) is 2.49. The van der Waals surface area contributed by atoms with Gasteiger partial charge in [-0.1, -0.05) is 36.4 Å². The van der Waals surface area contributed by atoms with Crippen LogP contribution in [0.1, 0.15) is 22.9 Å². The maximum atomic E-state index is 3.59. The number of anilines is 1. The van der Waals surface area contributed by atoms with Crippen molar-refractivity contribution in [2.75, 3.05) is 18.0 Å². The van der Waals surface area contributed by atoms with Crippen molar-refractivity contribution in [2.45, 2.75) is 20.0 Å². The van der Waals surface area contributed by atoms with E-state index >= 15 is 0 Å². The van der Waals surface area contributed by atoms with Crippen molar-refractivity contribution in [1.29, 1.82) is 0 Å². The third-order valence-electron chi connectivity index (χ3n) is 3.66. The fraction of sp³-hybridized carbons (Fsp3) is 0.294. The molecule has 2 nitrogen and oxygen atoms in total. The summed E-state index contributed by atoms with van der Waals surface area (Å²) in [5, 5.41) is 3.59. The van der Waals surface area contributed by atoms with E-state index in [-0.39, 0.29) is 0 Å². The summed E-state index contributed by atoms with van der Waals surface area (Å²) >= 11 is 0. The molecule has 1 aliphatic heterocycles. The van der Waals surface area contributed by atoms with Crippen molar-refractivity contribution in [1.82, 2.24) is 5.32 Å². The van der Waals surface area contributed by atoms with Crippen molar-refractivity contribution >= 4 is 5.69 Å². The van der Waals surface area contributed by atoms with E-state index in [0.717, 1.165) is 13.1 Å². The highest BCUT2D eigenvalue weighted by molar-refractivity contribution is 5.53. The van der Waals surface area contributed by atoms with Crippen LogP contribution in [0.4, 0.5) is 5.69 Å². The molecule has 1 aliphatic rings. The van der Waals surface area contributed by atoms with Crippen LogP contribution < -0.4 is 10.2 Å². The molecular formula is C17H20N2.